The first-order chi connectivity index (χ1) is 6.17. The Bertz CT molecular complexity index is 455. The monoisotopic (exact) mass is 172 g/mol. The number of hydrogen-bond acceptors (Lipinski definition) is 2. The lowest BCUT2D eigenvalue weighted by atomic mass is 10.0. The molecule has 0 saturated heterocycles. The van der Waals surface area contributed by atoms with Crippen LogP contribution >= 0.6 is 0 Å². The van der Waals surface area contributed by atoms with Crippen LogP contribution in [0.3, 0.4) is 0 Å². The van der Waals surface area contributed by atoms with Gasteiger partial charge in [-0.05, 0) is 31.2 Å². The van der Waals surface area contributed by atoms with Crippen molar-refractivity contribution >= 4 is 12.4 Å². The van der Waals surface area contributed by atoms with Crippen LogP contribution in [0.4, 0.5) is 0 Å². The van der Waals surface area contributed by atoms with Gasteiger partial charge in [-0.2, -0.15) is 0 Å². The Morgan fingerprint density at radius 2 is 1.92 bits per heavy atom. The molecule has 1 aromatic carbocycles. The number of benzene rings is 1. The first-order valence-corrected chi connectivity index (χ1v) is 4.37. The van der Waals surface area contributed by atoms with Crippen LogP contribution in [-0.2, 0) is 0 Å². The summed E-state index contributed by atoms with van der Waals surface area (Å²) in [5.41, 5.74) is -0.143. The first-order valence-electron chi connectivity index (χ1n) is 4.37. The second kappa shape index (κ2) is 2.80. The third-order valence-electron chi connectivity index (χ3n) is 2.03. The van der Waals surface area contributed by atoms with Crippen molar-refractivity contribution in [2.24, 2.45) is 9.98 Å². The highest BCUT2D eigenvalue weighted by atomic mass is 14.9. The van der Waals surface area contributed by atoms with Crippen molar-refractivity contribution in [3.8, 4) is 0 Å². The van der Waals surface area contributed by atoms with Crippen LogP contribution < -0.4 is 10.6 Å². The second-order valence-corrected chi connectivity index (χ2v) is 3.73. The smallest absolute Gasteiger partial charge is 0.111 e. The van der Waals surface area contributed by atoms with Crippen LogP contribution in [0.25, 0.3) is 6.08 Å². The Morgan fingerprint density at radius 3 is 2.77 bits per heavy atom. The molecule has 13 heavy (non-hydrogen) atoms. The van der Waals surface area contributed by atoms with Gasteiger partial charge in [0.1, 0.15) is 6.34 Å². The van der Waals surface area contributed by atoms with Crippen LogP contribution in [0, 0.1) is 0 Å². The number of fused-ring (bicyclic) bond motifs is 1. The third-order valence-corrected chi connectivity index (χ3v) is 2.03. The van der Waals surface area contributed by atoms with E-state index in [1.54, 1.807) is 6.34 Å². The van der Waals surface area contributed by atoms with Crippen LogP contribution in [0.15, 0.2) is 34.3 Å². The van der Waals surface area contributed by atoms with Crippen molar-refractivity contribution in [3.05, 3.63) is 34.8 Å². The second-order valence-electron chi connectivity index (χ2n) is 3.73. The van der Waals surface area contributed by atoms with Gasteiger partial charge in [-0.15, -0.1) is 0 Å². The molecule has 0 unspecified atom stereocenters. The zero-order valence-electron chi connectivity index (χ0n) is 7.86. The molecule has 0 spiro atoms. The zero-order chi connectivity index (χ0) is 9.31. The predicted octanol–water partition coefficient (Wildman–Crippen LogP) is 0.907. The van der Waals surface area contributed by atoms with Gasteiger partial charge in [0.25, 0.3) is 0 Å². The highest BCUT2D eigenvalue weighted by Crippen LogP contribution is 2.09. The third kappa shape index (κ3) is 1.66. The van der Waals surface area contributed by atoms with Gasteiger partial charge < -0.3 is 0 Å². The molecule has 0 amide bonds. The minimum Gasteiger partial charge on any atom is -0.263 e. The van der Waals surface area contributed by atoms with Crippen LogP contribution in [0.1, 0.15) is 13.8 Å². The van der Waals surface area contributed by atoms with Crippen molar-refractivity contribution in [1.29, 1.82) is 0 Å². The van der Waals surface area contributed by atoms with E-state index in [1.165, 1.54) is 0 Å². The number of nitrogens with zero attached hydrogens (tertiary/aromatic N) is 2. The van der Waals surface area contributed by atoms with Gasteiger partial charge in [-0.25, -0.2) is 4.99 Å². The summed E-state index contributed by atoms with van der Waals surface area (Å²) < 4.78 is 0. The molecule has 0 atom stereocenters. The van der Waals surface area contributed by atoms with Gasteiger partial charge in [0.05, 0.1) is 10.9 Å². The number of hydrogen-bond donors (Lipinski definition) is 0. The minimum atomic E-state index is -0.143. The topological polar surface area (TPSA) is 24.7 Å². The molecule has 0 fully saturated rings. The average molecular weight is 172 g/mol. The summed E-state index contributed by atoms with van der Waals surface area (Å²) in [7, 11) is 0. The van der Waals surface area contributed by atoms with Crippen LogP contribution in [0.5, 0.6) is 0 Å². The summed E-state index contributed by atoms with van der Waals surface area (Å²) in [4.78, 5) is 8.58. The molecule has 2 nitrogen and oxygen atoms in total. The van der Waals surface area contributed by atoms with Gasteiger partial charge in [-0.3, -0.25) is 4.99 Å². The Kier molecular flexibility index (Phi) is 1.76. The summed E-state index contributed by atoms with van der Waals surface area (Å²) in [6.07, 6.45) is 3.78. The van der Waals surface area contributed by atoms with Crippen LogP contribution in [-0.4, -0.2) is 11.9 Å². The summed E-state index contributed by atoms with van der Waals surface area (Å²) in [5.74, 6) is 0. The molecule has 1 aliphatic heterocycles. The van der Waals surface area contributed by atoms with Crippen LogP contribution in [0.2, 0.25) is 0 Å². The lowest BCUT2D eigenvalue weighted by Crippen LogP contribution is -2.26. The van der Waals surface area contributed by atoms with Gasteiger partial charge in [0.15, 0.2) is 0 Å². The lowest BCUT2D eigenvalue weighted by molar-refractivity contribution is 0.700. The largest absolute Gasteiger partial charge is 0.263 e. The van der Waals surface area contributed by atoms with Crippen molar-refractivity contribution < 1.29 is 0 Å². The Labute approximate surface area is 77.4 Å². The van der Waals surface area contributed by atoms with Gasteiger partial charge in [0, 0.05) is 0 Å². The highest BCUT2D eigenvalue weighted by Gasteiger charge is 2.11. The fraction of sp³-hybridized carbons (Fsp3) is 0.273. The molecule has 1 aromatic rings. The quantitative estimate of drug-likeness (QED) is 0.555. The molecule has 1 heterocycles. The van der Waals surface area contributed by atoms with Crippen molar-refractivity contribution in [2.45, 2.75) is 19.4 Å². The zero-order valence-corrected chi connectivity index (χ0v) is 7.86. The first kappa shape index (κ1) is 8.17. The van der Waals surface area contributed by atoms with Crippen molar-refractivity contribution in [1.82, 2.24) is 0 Å². The minimum absolute atomic E-state index is 0.143. The molecule has 1 aliphatic rings. The Hall–Kier alpha value is -1.44. The fourth-order valence-corrected chi connectivity index (χ4v) is 1.38. The van der Waals surface area contributed by atoms with E-state index in [9.17, 15) is 0 Å². The maximum atomic E-state index is 4.32. The number of aliphatic imine (C=N–C) groups is 1. The van der Waals surface area contributed by atoms with Crippen molar-refractivity contribution in [2.75, 3.05) is 0 Å². The molecular weight excluding hydrogens is 160 g/mol. The summed E-state index contributed by atoms with van der Waals surface area (Å²) >= 11 is 0. The lowest BCUT2D eigenvalue weighted by Gasteiger charge is -2.11. The van der Waals surface area contributed by atoms with E-state index in [-0.39, 0.29) is 5.54 Å². The molecule has 0 radical (unpaired) electrons. The molecular formula is C11H12N2. The maximum absolute atomic E-state index is 4.32. The van der Waals surface area contributed by atoms with E-state index in [0.29, 0.717) is 0 Å². The molecule has 0 saturated carbocycles. The van der Waals surface area contributed by atoms with Gasteiger partial charge in [0.2, 0.25) is 0 Å². The van der Waals surface area contributed by atoms with E-state index in [1.807, 2.05) is 18.2 Å². The highest BCUT2D eigenvalue weighted by molar-refractivity contribution is 5.60. The van der Waals surface area contributed by atoms with Crippen molar-refractivity contribution in [3.63, 3.8) is 0 Å². The van der Waals surface area contributed by atoms with E-state index < -0.39 is 0 Å². The Balaban J connectivity index is 2.77. The molecule has 0 aromatic heterocycles. The summed E-state index contributed by atoms with van der Waals surface area (Å²) in [5, 5.41) is 2.15. The molecule has 66 valence electrons. The number of para-hydroxylation sites is 1. The molecule has 0 N–H and O–H groups in total. The maximum Gasteiger partial charge on any atom is 0.111 e. The summed E-state index contributed by atoms with van der Waals surface area (Å²) in [6, 6.07) is 8.07. The van der Waals surface area contributed by atoms with Gasteiger partial charge in [-0.1, -0.05) is 18.2 Å². The predicted molar refractivity (Wildman–Crippen MR) is 54.3 cm³/mol. The Morgan fingerprint density at radius 1 is 1.15 bits per heavy atom. The van der Waals surface area contributed by atoms with E-state index in [2.05, 4.69) is 36.0 Å². The van der Waals surface area contributed by atoms with E-state index >= 15 is 0 Å². The SMILES string of the molecule is CC1(C)C=c2ccccc2=NC=N1. The van der Waals surface area contributed by atoms with Gasteiger partial charge >= 0.3 is 0 Å². The number of rotatable bonds is 0. The molecule has 2 rings (SSSR count). The van der Waals surface area contributed by atoms with E-state index in [4.69, 9.17) is 0 Å². The summed E-state index contributed by atoms with van der Waals surface area (Å²) in [6.45, 7) is 4.14. The normalized spacial score (nSPS) is 18.0. The molecule has 0 bridgehead atoms. The fourth-order valence-electron chi connectivity index (χ4n) is 1.38. The standard InChI is InChI=1S/C11H12N2/c1-11(2)7-9-5-3-4-6-10(9)12-8-13-11/h3-8H,1-2H3. The molecule has 0 aliphatic carbocycles. The average Bonchev–Trinajstić information content (AvgIpc) is 2.21. The molecule has 2 heteroatoms. The van der Waals surface area contributed by atoms with E-state index in [0.717, 1.165) is 10.6 Å².